The molecule has 98 valence electrons. The van der Waals surface area contributed by atoms with Gasteiger partial charge in [-0.1, -0.05) is 24.3 Å². The van der Waals surface area contributed by atoms with Crippen LogP contribution >= 0.6 is 0 Å². The second-order valence-corrected chi connectivity index (χ2v) is 5.39. The van der Waals surface area contributed by atoms with E-state index >= 15 is 0 Å². The van der Waals surface area contributed by atoms with Crippen LogP contribution in [0, 0.1) is 18.3 Å². The summed E-state index contributed by atoms with van der Waals surface area (Å²) in [4.78, 5) is 11.4. The molecule has 19 heavy (non-hydrogen) atoms. The van der Waals surface area contributed by atoms with E-state index in [0.717, 1.165) is 25.6 Å². The van der Waals surface area contributed by atoms with Crippen LogP contribution < -0.4 is 5.43 Å². The third kappa shape index (κ3) is 2.42. The Morgan fingerprint density at radius 2 is 1.95 bits per heavy atom. The molecule has 0 spiro atoms. The van der Waals surface area contributed by atoms with Gasteiger partial charge in [0.05, 0.1) is 0 Å². The Hall–Kier alpha value is -1.63. The smallest absolute Gasteiger partial charge is 0.235 e. The summed E-state index contributed by atoms with van der Waals surface area (Å²) in [6.07, 6.45) is 7.64. The van der Waals surface area contributed by atoms with Crippen molar-refractivity contribution in [2.24, 2.45) is 5.92 Å². The minimum Gasteiger partial charge on any atom is -0.279 e. The van der Waals surface area contributed by atoms with Crippen molar-refractivity contribution in [2.45, 2.75) is 18.8 Å². The quantitative estimate of drug-likeness (QED) is 0.496. The number of terminal acetylenes is 1. The van der Waals surface area contributed by atoms with E-state index in [1.807, 2.05) is 12.1 Å². The summed E-state index contributed by atoms with van der Waals surface area (Å²) >= 11 is 0. The van der Waals surface area contributed by atoms with Crippen LogP contribution in [0.25, 0.3) is 0 Å². The SMILES string of the molecule is C#CC(=O)c1ccc(C2CNN3CCC2CC3)cc1. The number of piperidine rings is 1. The van der Waals surface area contributed by atoms with Crippen molar-refractivity contribution in [2.75, 3.05) is 19.6 Å². The van der Waals surface area contributed by atoms with Gasteiger partial charge in [-0.2, -0.15) is 0 Å². The standard InChI is InChI=1S/C16H18N2O/c1-2-16(19)14-5-3-12(4-6-14)15-11-17-18-9-7-13(15)8-10-18/h1,3-6,13,15,17H,7-11H2. The Morgan fingerprint density at radius 3 is 2.58 bits per heavy atom. The third-order valence-corrected chi connectivity index (χ3v) is 4.38. The highest BCUT2D eigenvalue weighted by Gasteiger charge is 2.31. The first-order valence-corrected chi connectivity index (χ1v) is 6.87. The number of nitrogens with zero attached hydrogens (tertiary/aromatic N) is 1. The second-order valence-electron chi connectivity index (χ2n) is 5.39. The number of carbonyl (C=O) groups is 1. The number of hydrazine groups is 1. The molecule has 3 fully saturated rings. The Balaban J connectivity index is 1.82. The minimum absolute atomic E-state index is 0.238. The van der Waals surface area contributed by atoms with Crippen LogP contribution in [0.15, 0.2) is 24.3 Å². The molecule has 1 unspecified atom stereocenters. The first-order chi connectivity index (χ1) is 9.28. The lowest BCUT2D eigenvalue weighted by Crippen LogP contribution is -2.39. The maximum Gasteiger partial charge on any atom is 0.235 e. The lowest BCUT2D eigenvalue weighted by molar-refractivity contribution is 0.105. The van der Waals surface area contributed by atoms with Gasteiger partial charge < -0.3 is 0 Å². The first kappa shape index (κ1) is 12.4. The number of nitrogens with one attached hydrogen (secondary N) is 1. The molecule has 0 radical (unpaired) electrons. The maximum atomic E-state index is 11.4. The van der Waals surface area contributed by atoms with E-state index in [1.165, 1.54) is 18.4 Å². The van der Waals surface area contributed by atoms with Crippen LogP contribution in [0.2, 0.25) is 0 Å². The van der Waals surface area contributed by atoms with Crippen molar-refractivity contribution in [3.8, 4) is 12.3 Å². The van der Waals surface area contributed by atoms with Gasteiger partial charge in [0.15, 0.2) is 0 Å². The molecule has 1 aromatic rings. The summed E-state index contributed by atoms with van der Waals surface area (Å²) in [6.45, 7) is 3.29. The summed E-state index contributed by atoms with van der Waals surface area (Å²) in [5, 5.41) is 2.33. The molecule has 3 aliphatic rings. The van der Waals surface area contributed by atoms with Gasteiger partial charge in [0.1, 0.15) is 0 Å². The van der Waals surface area contributed by atoms with E-state index in [1.54, 1.807) is 0 Å². The van der Waals surface area contributed by atoms with E-state index in [0.29, 0.717) is 11.5 Å². The Bertz CT molecular complexity index is 507. The van der Waals surface area contributed by atoms with E-state index in [-0.39, 0.29) is 5.78 Å². The van der Waals surface area contributed by atoms with Crippen LogP contribution in [0.1, 0.15) is 34.7 Å². The second kappa shape index (κ2) is 5.16. The summed E-state index contributed by atoms with van der Waals surface area (Å²) in [5.41, 5.74) is 5.43. The lowest BCUT2D eigenvalue weighted by Gasteiger charge is -2.28. The molecule has 3 saturated heterocycles. The fourth-order valence-electron chi connectivity index (χ4n) is 3.21. The van der Waals surface area contributed by atoms with Crippen molar-refractivity contribution in [1.82, 2.24) is 10.4 Å². The van der Waals surface area contributed by atoms with Crippen LogP contribution in [-0.2, 0) is 0 Å². The Kier molecular flexibility index (Phi) is 3.37. The number of ketones is 1. The molecule has 3 heteroatoms. The fraction of sp³-hybridized carbons (Fsp3) is 0.438. The summed E-state index contributed by atoms with van der Waals surface area (Å²) in [5.74, 6) is 3.21. The van der Waals surface area contributed by atoms with Crippen molar-refractivity contribution in [3.05, 3.63) is 35.4 Å². The molecule has 1 atom stereocenters. The molecule has 3 nitrogen and oxygen atoms in total. The van der Waals surface area contributed by atoms with Crippen molar-refractivity contribution in [3.63, 3.8) is 0 Å². The van der Waals surface area contributed by atoms with E-state index in [9.17, 15) is 4.79 Å². The zero-order valence-electron chi connectivity index (χ0n) is 10.9. The molecule has 1 aromatic carbocycles. The molecular formula is C16H18N2O. The van der Waals surface area contributed by atoms with E-state index in [4.69, 9.17) is 6.42 Å². The topological polar surface area (TPSA) is 32.3 Å². The van der Waals surface area contributed by atoms with E-state index < -0.39 is 0 Å². The van der Waals surface area contributed by atoms with Gasteiger partial charge in [0, 0.05) is 31.1 Å². The number of carbonyl (C=O) groups excluding carboxylic acids is 1. The average molecular weight is 254 g/mol. The molecule has 3 heterocycles. The maximum absolute atomic E-state index is 11.4. The number of fused-ring (bicyclic) bond motifs is 4. The molecule has 3 aliphatic heterocycles. The van der Waals surface area contributed by atoms with Gasteiger partial charge in [-0.3, -0.25) is 10.2 Å². The highest BCUT2D eigenvalue weighted by molar-refractivity contribution is 6.08. The fourth-order valence-corrected chi connectivity index (χ4v) is 3.21. The molecule has 0 saturated carbocycles. The monoisotopic (exact) mass is 254 g/mol. The molecule has 0 aliphatic carbocycles. The Labute approximate surface area is 114 Å². The van der Waals surface area contributed by atoms with E-state index in [2.05, 4.69) is 28.5 Å². The Morgan fingerprint density at radius 1 is 1.26 bits per heavy atom. The van der Waals surface area contributed by atoms with Gasteiger partial charge >= 0.3 is 0 Å². The predicted molar refractivity (Wildman–Crippen MR) is 74.6 cm³/mol. The van der Waals surface area contributed by atoms with Gasteiger partial charge in [0.2, 0.25) is 5.78 Å². The molecule has 0 amide bonds. The van der Waals surface area contributed by atoms with Crippen molar-refractivity contribution >= 4 is 5.78 Å². The number of Topliss-reactive ketones (excluding diaryl/α,β-unsaturated/α-hetero) is 1. The number of hydrogen-bond acceptors (Lipinski definition) is 3. The zero-order valence-corrected chi connectivity index (χ0v) is 10.9. The molecule has 1 N–H and O–H groups in total. The normalized spacial score (nSPS) is 29.5. The summed E-state index contributed by atoms with van der Waals surface area (Å²) < 4.78 is 0. The average Bonchev–Trinajstić information content (AvgIpc) is 2.80. The van der Waals surface area contributed by atoms with Crippen LogP contribution in [0.3, 0.4) is 0 Å². The highest BCUT2D eigenvalue weighted by Crippen LogP contribution is 2.34. The molecule has 2 bridgehead atoms. The largest absolute Gasteiger partial charge is 0.279 e. The molecule has 4 rings (SSSR count). The van der Waals surface area contributed by atoms with Crippen molar-refractivity contribution in [1.29, 1.82) is 0 Å². The lowest BCUT2D eigenvalue weighted by atomic mass is 9.81. The molecule has 0 aromatic heterocycles. The number of rotatable bonds is 2. The van der Waals surface area contributed by atoms with Crippen molar-refractivity contribution < 1.29 is 4.79 Å². The zero-order chi connectivity index (χ0) is 13.2. The van der Waals surface area contributed by atoms with Crippen LogP contribution in [0.5, 0.6) is 0 Å². The van der Waals surface area contributed by atoms with Gasteiger partial charge in [-0.05, 0) is 30.2 Å². The number of benzene rings is 1. The van der Waals surface area contributed by atoms with Gasteiger partial charge in [-0.15, -0.1) is 6.42 Å². The van der Waals surface area contributed by atoms with Gasteiger partial charge in [0.25, 0.3) is 0 Å². The number of hydrogen-bond donors (Lipinski definition) is 1. The van der Waals surface area contributed by atoms with Crippen LogP contribution in [-0.4, -0.2) is 30.4 Å². The third-order valence-electron chi connectivity index (χ3n) is 4.38. The summed E-state index contributed by atoms with van der Waals surface area (Å²) in [7, 11) is 0. The molecular weight excluding hydrogens is 236 g/mol. The van der Waals surface area contributed by atoms with Crippen LogP contribution in [0.4, 0.5) is 0 Å². The first-order valence-electron chi connectivity index (χ1n) is 6.87. The highest BCUT2D eigenvalue weighted by atomic mass is 16.1. The van der Waals surface area contributed by atoms with Gasteiger partial charge in [-0.25, -0.2) is 5.01 Å². The minimum atomic E-state index is -0.238. The predicted octanol–water partition coefficient (Wildman–Crippen LogP) is 1.82. The summed E-state index contributed by atoms with van der Waals surface area (Å²) in [6, 6.07) is 7.83.